The molecule has 3 aromatic rings. The number of hydrogen-bond acceptors (Lipinski definition) is 6. The van der Waals surface area contributed by atoms with Crippen molar-refractivity contribution < 1.29 is 18.4 Å². The van der Waals surface area contributed by atoms with E-state index in [0.717, 1.165) is 0 Å². The lowest BCUT2D eigenvalue weighted by molar-refractivity contribution is -0.123. The Hall–Kier alpha value is -3.59. The average molecular weight is 478 g/mol. The van der Waals surface area contributed by atoms with Gasteiger partial charge in [-0.05, 0) is 47.9 Å². The van der Waals surface area contributed by atoms with Gasteiger partial charge in [0, 0.05) is 0 Å². The van der Waals surface area contributed by atoms with Crippen molar-refractivity contribution in [1.29, 1.82) is 5.26 Å². The van der Waals surface area contributed by atoms with Crippen LogP contribution in [0.5, 0.6) is 11.5 Å². The molecular formula is C26H28N3O4P. The standard InChI is InChI=1S/C26H28N3O4P/c1-3-19(2)24(28)25(30)29-26(21-16-14-20(18-27)15-17-21)34(31,32-22-10-6-4-7-11-22)33-23-12-8-5-9-13-23/h4-17,19,24,26H,3,28H2,1-2H3,(H,29,30)/t19-,24-,26?/m0/s1. The predicted molar refractivity (Wildman–Crippen MR) is 131 cm³/mol. The molecule has 1 amide bonds. The number of carbonyl (C=O) groups excluding carboxylic acids is 1. The van der Waals surface area contributed by atoms with Gasteiger partial charge in [0.05, 0.1) is 17.7 Å². The molecule has 7 nitrogen and oxygen atoms in total. The molecular weight excluding hydrogens is 449 g/mol. The minimum atomic E-state index is -4.12. The first kappa shape index (κ1) is 25.0. The predicted octanol–water partition coefficient (Wildman–Crippen LogP) is 5.40. The molecule has 3 atom stereocenters. The number of para-hydroxylation sites is 2. The number of carbonyl (C=O) groups is 1. The smallest absolute Gasteiger partial charge is 0.414 e. The lowest BCUT2D eigenvalue weighted by Gasteiger charge is -2.30. The Morgan fingerprint density at radius 2 is 1.47 bits per heavy atom. The first-order valence-electron chi connectivity index (χ1n) is 11.0. The highest BCUT2D eigenvalue weighted by Crippen LogP contribution is 2.59. The maximum atomic E-state index is 14.4. The maximum absolute atomic E-state index is 14.4. The molecule has 0 aliphatic carbocycles. The van der Waals surface area contributed by atoms with Crippen LogP contribution in [0.4, 0.5) is 0 Å². The van der Waals surface area contributed by atoms with Crippen LogP contribution in [0.2, 0.25) is 0 Å². The summed E-state index contributed by atoms with van der Waals surface area (Å²) in [5, 5.41) is 12.0. The van der Waals surface area contributed by atoms with E-state index >= 15 is 0 Å². The van der Waals surface area contributed by atoms with Crippen LogP contribution in [0.1, 0.15) is 37.2 Å². The third kappa shape index (κ3) is 6.26. The molecule has 0 aromatic heterocycles. The minimum absolute atomic E-state index is 0.0916. The van der Waals surface area contributed by atoms with Crippen molar-refractivity contribution in [3.05, 3.63) is 96.1 Å². The van der Waals surface area contributed by atoms with Gasteiger partial charge in [0.2, 0.25) is 5.91 Å². The summed E-state index contributed by atoms with van der Waals surface area (Å²) >= 11 is 0. The van der Waals surface area contributed by atoms with Crippen LogP contribution in [0.25, 0.3) is 0 Å². The molecule has 0 fully saturated rings. The topological polar surface area (TPSA) is 114 Å². The minimum Gasteiger partial charge on any atom is -0.414 e. The number of hydrogen-bond donors (Lipinski definition) is 2. The second-order valence-corrected chi connectivity index (χ2v) is 9.87. The van der Waals surface area contributed by atoms with Gasteiger partial charge in [-0.1, -0.05) is 68.8 Å². The molecule has 3 aromatic carbocycles. The van der Waals surface area contributed by atoms with E-state index < -0.39 is 25.3 Å². The summed E-state index contributed by atoms with van der Waals surface area (Å²) in [6.45, 7) is 3.82. The molecule has 0 heterocycles. The largest absolute Gasteiger partial charge is 0.457 e. The summed E-state index contributed by atoms with van der Waals surface area (Å²) < 4.78 is 26.4. The lowest BCUT2D eigenvalue weighted by atomic mass is 9.99. The van der Waals surface area contributed by atoms with Gasteiger partial charge in [-0.3, -0.25) is 4.79 Å². The highest BCUT2D eigenvalue weighted by Gasteiger charge is 2.43. The summed E-state index contributed by atoms with van der Waals surface area (Å²) in [7, 11) is -4.12. The van der Waals surface area contributed by atoms with Crippen LogP contribution < -0.4 is 20.1 Å². The van der Waals surface area contributed by atoms with Gasteiger partial charge in [-0.15, -0.1) is 0 Å². The number of nitrogens with one attached hydrogen (secondary N) is 1. The van der Waals surface area contributed by atoms with E-state index in [4.69, 9.17) is 14.8 Å². The Morgan fingerprint density at radius 1 is 0.971 bits per heavy atom. The number of amides is 1. The van der Waals surface area contributed by atoms with Crippen molar-refractivity contribution in [3.63, 3.8) is 0 Å². The molecule has 0 aliphatic rings. The molecule has 0 bridgehead atoms. The lowest BCUT2D eigenvalue weighted by Crippen LogP contribution is -2.46. The van der Waals surface area contributed by atoms with Gasteiger partial charge >= 0.3 is 7.60 Å². The fourth-order valence-electron chi connectivity index (χ4n) is 3.21. The van der Waals surface area contributed by atoms with Crippen molar-refractivity contribution in [3.8, 4) is 17.6 Å². The van der Waals surface area contributed by atoms with Crippen LogP contribution in [0, 0.1) is 17.2 Å². The zero-order valence-electron chi connectivity index (χ0n) is 19.1. The van der Waals surface area contributed by atoms with E-state index in [1.54, 1.807) is 84.9 Å². The first-order valence-corrected chi connectivity index (χ1v) is 12.6. The summed E-state index contributed by atoms with van der Waals surface area (Å²) in [5.74, 6) is -1.10. The SMILES string of the molecule is CC[C@H](C)[C@H](N)C(=O)NC(c1ccc(C#N)cc1)P(=O)(Oc1ccccc1)Oc1ccccc1. The van der Waals surface area contributed by atoms with E-state index in [0.29, 0.717) is 29.0 Å². The van der Waals surface area contributed by atoms with Gasteiger partial charge in [0.25, 0.3) is 0 Å². The Kier molecular flexibility index (Phi) is 8.48. The highest BCUT2D eigenvalue weighted by atomic mass is 31.2. The fourth-order valence-corrected chi connectivity index (χ4v) is 5.11. The average Bonchev–Trinajstić information content (AvgIpc) is 2.87. The van der Waals surface area contributed by atoms with Crippen LogP contribution in [0.3, 0.4) is 0 Å². The van der Waals surface area contributed by atoms with Crippen LogP contribution in [-0.2, 0) is 9.36 Å². The fraction of sp³-hybridized carbons (Fsp3) is 0.231. The Bertz CT molecular complexity index is 1120. The number of nitrogens with two attached hydrogens (primary N) is 1. The zero-order valence-corrected chi connectivity index (χ0v) is 20.0. The molecule has 8 heteroatoms. The third-order valence-corrected chi connectivity index (χ3v) is 7.45. The Labute approximate surface area is 200 Å². The van der Waals surface area contributed by atoms with Crippen molar-refractivity contribution >= 4 is 13.5 Å². The molecule has 3 rings (SSSR count). The molecule has 0 saturated heterocycles. The quantitative estimate of drug-likeness (QED) is 0.378. The highest BCUT2D eigenvalue weighted by molar-refractivity contribution is 7.55. The van der Waals surface area contributed by atoms with Crippen molar-refractivity contribution in [1.82, 2.24) is 5.32 Å². The first-order chi connectivity index (χ1) is 16.4. The molecule has 0 aliphatic heterocycles. The van der Waals surface area contributed by atoms with Crippen LogP contribution >= 0.6 is 7.60 Å². The number of nitrogens with zero attached hydrogens (tertiary/aromatic N) is 1. The van der Waals surface area contributed by atoms with E-state index in [2.05, 4.69) is 11.4 Å². The molecule has 34 heavy (non-hydrogen) atoms. The molecule has 176 valence electrons. The van der Waals surface area contributed by atoms with E-state index in [1.165, 1.54) is 0 Å². The van der Waals surface area contributed by atoms with E-state index in [1.807, 2.05) is 13.8 Å². The van der Waals surface area contributed by atoms with Gasteiger partial charge in [-0.2, -0.15) is 5.26 Å². The molecule has 0 radical (unpaired) electrons. The zero-order chi connectivity index (χ0) is 24.6. The summed E-state index contributed by atoms with van der Waals surface area (Å²) in [6, 6.07) is 24.9. The monoisotopic (exact) mass is 477 g/mol. The van der Waals surface area contributed by atoms with Gasteiger partial charge < -0.3 is 20.1 Å². The van der Waals surface area contributed by atoms with Gasteiger partial charge in [0.15, 0.2) is 5.78 Å². The van der Waals surface area contributed by atoms with Crippen LogP contribution in [-0.4, -0.2) is 11.9 Å². The van der Waals surface area contributed by atoms with Crippen LogP contribution in [0.15, 0.2) is 84.9 Å². The second kappa shape index (κ2) is 11.5. The molecule has 0 spiro atoms. The number of rotatable bonds is 10. The Morgan fingerprint density at radius 3 is 1.91 bits per heavy atom. The second-order valence-electron chi connectivity index (χ2n) is 7.90. The van der Waals surface area contributed by atoms with Crippen molar-refractivity contribution in [2.24, 2.45) is 11.7 Å². The maximum Gasteiger partial charge on any atom is 0.457 e. The van der Waals surface area contributed by atoms with Crippen molar-refractivity contribution in [2.45, 2.75) is 32.1 Å². The Balaban J connectivity index is 2.08. The number of nitriles is 1. The van der Waals surface area contributed by atoms with Gasteiger partial charge in [0.1, 0.15) is 11.5 Å². The van der Waals surface area contributed by atoms with E-state index in [-0.39, 0.29) is 5.92 Å². The normalized spacial score (nSPS) is 13.7. The summed E-state index contributed by atoms with van der Waals surface area (Å²) in [5.41, 5.74) is 7.05. The number of benzene rings is 3. The summed E-state index contributed by atoms with van der Waals surface area (Å²) in [6.07, 6.45) is 0.703. The van der Waals surface area contributed by atoms with E-state index in [9.17, 15) is 14.6 Å². The molecule has 3 N–H and O–H groups in total. The van der Waals surface area contributed by atoms with Gasteiger partial charge in [-0.25, -0.2) is 4.57 Å². The molecule has 0 saturated carbocycles. The summed E-state index contributed by atoms with van der Waals surface area (Å²) in [4.78, 5) is 13.1. The third-order valence-electron chi connectivity index (χ3n) is 5.46. The molecule has 1 unspecified atom stereocenters. The van der Waals surface area contributed by atoms with Crippen molar-refractivity contribution in [2.75, 3.05) is 0 Å².